The fourth-order valence-corrected chi connectivity index (χ4v) is 2.18. The fraction of sp³-hybridized carbons (Fsp3) is 0.312. The third-order valence-corrected chi connectivity index (χ3v) is 3.48. The minimum absolute atomic E-state index is 0.166. The summed E-state index contributed by atoms with van der Waals surface area (Å²) in [7, 11) is 0. The molecule has 1 heterocycles. The van der Waals surface area contributed by atoms with Gasteiger partial charge in [0.25, 0.3) is 0 Å². The first-order chi connectivity index (χ1) is 10.0. The van der Waals surface area contributed by atoms with Crippen LogP contribution in [0, 0.1) is 11.6 Å². The number of halogens is 2. The number of nitrogens with zero attached hydrogens (tertiary/aromatic N) is 1. The molecule has 0 aliphatic rings. The second-order valence-electron chi connectivity index (χ2n) is 4.81. The minimum atomic E-state index is -1.01. The molecule has 0 spiro atoms. The van der Waals surface area contributed by atoms with Crippen LogP contribution in [0.25, 0.3) is 0 Å². The maximum absolute atomic E-state index is 13.2. The Labute approximate surface area is 122 Å². The lowest BCUT2D eigenvalue weighted by atomic mass is 10.0. The van der Waals surface area contributed by atoms with Crippen LogP contribution in [-0.2, 0) is 6.54 Å². The molecule has 1 aromatic carbocycles. The van der Waals surface area contributed by atoms with E-state index in [1.807, 2.05) is 17.9 Å². The van der Waals surface area contributed by atoms with Crippen molar-refractivity contribution < 1.29 is 18.0 Å². The summed E-state index contributed by atoms with van der Waals surface area (Å²) >= 11 is 0. The lowest BCUT2D eigenvalue weighted by molar-refractivity contribution is 0.0826. The predicted octanol–water partition coefficient (Wildman–Crippen LogP) is 3.65. The molecule has 0 N–H and O–H groups in total. The van der Waals surface area contributed by atoms with Gasteiger partial charge >= 0.3 is 0 Å². The van der Waals surface area contributed by atoms with Crippen molar-refractivity contribution in [3.63, 3.8) is 0 Å². The highest BCUT2D eigenvalue weighted by Crippen LogP contribution is 2.15. The molecule has 2 aromatic rings. The van der Waals surface area contributed by atoms with Gasteiger partial charge in [-0.25, -0.2) is 8.78 Å². The van der Waals surface area contributed by atoms with E-state index in [4.69, 9.17) is 4.42 Å². The molecule has 0 amide bonds. The highest BCUT2D eigenvalue weighted by Gasteiger charge is 2.23. The number of ketones is 1. The highest BCUT2D eigenvalue weighted by molar-refractivity contribution is 5.99. The molecule has 1 atom stereocenters. The molecular weight excluding hydrogens is 276 g/mol. The van der Waals surface area contributed by atoms with Gasteiger partial charge in [0.1, 0.15) is 5.76 Å². The minimum Gasteiger partial charge on any atom is -0.468 e. The Morgan fingerprint density at radius 1 is 1.29 bits per heavy atom. The second-order valence-corrected chi connectivity index (χ2v) is 4.81. The number of hydrogen-bond donors (Lipinski definition) is 0. The van der Waals surface area contributed by atoms with Crippen molar-refractivity contribution in [3.8, 4) is 0 Å². The van der Waals surface area contributed by atoms with Crippen molar-refractivity contribution in [1.82, 2.24) is 4.90 Å². The van der Waals surface area contributed by atoms with Crippen LogP contribution < -0.4 is 0 Å². The van der Waals surface area contributed by atoms with Crippen LogP contribution in [0.15, 0.2) is 41.0 Å². The molecule has 0 fully saturated rings. The Morgan fingerprint density at radius 3 is 2.62 bits per heavy atom. The zero-order valence-corrected chi connectivity index (χ0v) is 12.0. The summed E-state index contributed by atoms with van der Waals surface area (Å²) < 4.78 is 31.4. The Bertz CT molecular complexity index is 611. The molecule has 1 aromatic heterocycles. The summed E-state index contributed by atoms with van der Waals surface area (Å²) in [5.41, 5.74) is 0.166. The molecule has 2 rings (SSSR count). The predicted molar refractivity (Wildman–Crippen MR) is 74.9 cm³/mol. The summed E-state index contributed by atoms with van der Waals surface area (Å²) in [5.74, 6) is -1.46. The molecule has 3 nitrogen and oxygen atoms in total. The number of likely N-dealkylation sites (N-methyl/N-ethyl adjacent to an activating group) is 1. The molecule has 0 aliphatic carbocycles. The van der Waals surface area contributed by atoms with Gasteiger partial charge in [0, 0.05) is 5.56 Å². The lowest BCUT2D eigenvalue weighted by Gasteiger charge is -2.25. The molecule has 0 saturated carbocycles. The van der Waals surface area contributed by atoms with Crippen molar-refractivity contribution in [1.29, 1.82) is 0 Å². The summed E-state index contributed by atoms with van der Waals surface area (Å²) in [6.45, 7) is 4.80. The number of Topliss-reactive ketones (excluding diaryl/α,β-unsaturated/α-hetero) is 1. The van der Waals surface area contributed by atoms with E-state index in [9.17, 15) is 13.6 Å². The van der Waals surface area contributed by atoms with Crippen LogP contribution in [0.1, 0.15) is 30.0 Å². The van der Waals surface area contributed by atoms with Gasteiger partial charge in [-0.05, 0) is 43.8 Å². The maximum atomic E-state index is 13.2. The molecule has 0 aliphatic heterocycles. The normalized spacial score (nSPS) is 12.6. The van der Waals surface area contributed by atoms with Crippen LogP contribution in [0.5, 0.6) is 0 Å². The second kappa shape index (κ2) is 6.63. The highest BCUT2D eigenvalue weighted by atomic mass is 19.2. The topological polar surface area (TPSA) is 33.5 Å². The van der Waals surface area contributed by atoms with Gasteiger partial charge in [0.05, 0.1) is 18.8 Å². The first-order valence-corrected chi connectivity index (χ1v) is 6.78. The first-order valence-electron chi connectivity index (χ1n) is 6.78. The Kier molecular flexibility index (Phi) is 4.85. The van der Waals surface area contributed by atoms with Crippen LogP contribution >= 0.6 is 0 Å². The van der Waals surface area contributed by atoms with Crippen molar-refractivity contribution >= 4 is 5.78 Å². The number of carbonyl (C=O) groups is 1. The van der Waals surface area contributed by atoms with E-state index in [1.54, 1.807) is 19.3 Å². The fourth-order valence-electron chi connectivity index (χ4n) is 2.18. The van der Waals surface area contributed by atoms with E-state index in [-0.39, 0.29) is 11.3 Å². The molecule has 5 heteroatoms. The van der Waals surface area contributed by atoms with E-state index >= 15 is 0 Å². The standard InChI is InChI=1S/C16H17F2NO2/c1-3-19(10-13-5-4-8-21-13)11(2)16(20)12-6-7-14(17)15(18)9-12/h4-9,11H,3,10H2,1-2H3. The van der Waals surface area contributed by atoms with Gasteiger partial charge in [-0.2, -0.15) is 0 Å². The Balaban J connectivity index is 2.14. The average molecular weight is 293 g/mol. The molecule has 0 bridgehead atoms. The molecule has 0 saturated heterocycles. The third kappa shape index (κ3) is 3.55. The lowest BCUT2D eigenvalue weighted by Crippen LogP contribution is -2.38. The van der Waals surface area contributed by atoms with Crippen LogP contribution in [0.2, 0.25) is 0 Å². The quantitative estimate of drug-likeness (QED) is 0.762. The Morgan fingerprint density at radius 2 is 2.05 bits per heavy atom. The van der Waals surface area contributed by atoms with Gasteiger partial charge < -0.3 is 4.42 Å². The Hall–Kier alpha value is -2.01. The van der Waals surface area contributed by atoms with Crippen LogP contribution in [0.3, 0.4) is 0 Å². The zero-order chi connectivity index (χ0) is 15.4. The summed E-state index contributed by atoms with van der Waals surface area (Å²) in [6.07, 6.45) is 1.57. The zero-order valence-electron chi connectivity index (χ0n) is 12.0. The van der Waals surface area contributed by atoms with Crippen LogP contribution in [0.4, 0.5) is 8.78 Å². The van der Waals surface area contributed by atoms with Gasteiger partial charge in [0.15, 0.2) is 17.4 Å². The van der Waals surface area contributed by atoms with E-state index in [2.05, 4.69) is 0 Å². The van der Waals surface area contributed by atoms with E-state index in [1.165, 1.54) is 6.07 Å². The van der Waals surface area contributed by atoms with Crippen molar-refractivity contribution in [2.24, 2.45) is 0 Å². The smallest absolute Gasteiger partial charge is 0.179 e. The monoisotopic (exact) mass is 293 g/mol. The van der Waals surface area contributed by atoms with Gasteiger partial charge in [-0.1, -0.05) is 6.92 Å². The number of hydrogen-bond acceptors (Lipinski definition) is 3. The molecule has 21 heavy (non-hydrogen) atoms. The van der Waals surface area contributed by atoms with Crippen molar-refractivity contribution in [3.05, 3.63) is 59.6 Å². The molecular formula is C16H17F2NO2. The van der Waals surface area contributed by atoms with Crippen molar-refractivity contribution in [2.45, 2.75) is 26.4 Å². The van der Waals surface area contributed by atoms with Gasteiger partial charge in [0.2, 0.25) is 0 Å². The van der Waals surface area contributed by atoms with Gasteiger partial charge in [-0.15, -0.1) is 0 Å². The van der Waals surface area contributed by atoms with E-state index < -0.39 is 17.7 Å². The molecule has 0 radical (unpaired) electrons. The summed E-state index contributed by atoms with van der Waals surface area (Å²) in [4.78, 5) is 14.3. The average Bonchev–Trinajstić information content (AvgIpc) is 2.99. The van der Waals surface area contributed by atoms with Crippen molar-refractivity contribution in [2.75, 3.05) is 6.54 Å². The van der Waals surface area contributed by atoms with E-state index in [0.717, 1.165) is 17.9 Å². The number of rotatable bonds is 6. The first kappa shape index (κ1) is 15.4. The van der Waals surface area contributed by atoms with Gasteiger partial charge in [-0.3, -0.25) is 9.69 Å². The largest absolute Gasteiger partial charge is 0.468 e. The summed E-state index contributed by atoms with van der Waals surface area (Å²) in [5, 5.41) is 0. The number of carbonyl (C=O) groups excluding carboxylic acids is 1. The molecule has 112 valence electrons. The maximum Gasteiger partial charge on any atom is 0.179 e. The van der Waals surface area contributed by atoms with E-state index in [0.29, 0.717) is 13.1 Å². The molecule has 1 unspecified atom stereocenters. The number of furan rings is 1. The SMILES string of the molecule is CCN(Cc1ccco1)C(C)C(=O)c1ccc(F)c(F)c1. The summed E-state index contributed by atoms with van der Waals surface area (Å²) in [6, 6.07) is 6.37. The van der Waals surface area contributed by atoms with Crippen LogP contribution in [-0.4, -0.2) is 23.3 Å². The number of benzene rings is 1. The third-order valence-electron chi connectivity index (χ3n) is 3.48.